The number of aromatic nitrogens is 2. The van der Waals surface area contributed by atoms with Gasteiger partial charge < -0.3 is 14.5 Å². The molecule has 1 atom stereocenters. The van der Waals surface area contributed by atoms with Crippen molar-refractivity contribution in [2.24, 2.45) is 0 Å². The topological polar surface area (TPSA) is 50.6 Å². The van der Waals surface area contributed by atoms with Crippen molar-refractivity contribution in [3.8, 4) is 17.0 Å². The van der Waals surface area contributed by atoms with Crippen LogP contribution in [0.2, 0.25) is 0 Å². The number of piperazine rings is 1. The second-order valence-corrected chi connectivity index (χ2v) is 8.18. The van der Waals surface area contributed by atoms with Crippen molar-refractivity contribution in [2.45, 2.75) is 33.0 Å². The molecule has 1 amide bonds. The number of aryl methyl sites for hydroxylation is 1. The van der Waals surface area contributed by atoms with E-state index in [-0.39, 0.29) is 18.5 Å². The molecule has 5 rings (SSSR count). The highest BCUT2D eigenvalue weighted by Gasteiger charge is 2.29. The minimum Gasteiger partial charge on any atom is -0.488 e. The summed E-state index contributed by atoms with van der Waals surface area (Å²) < 4.78 is 7.64. The highest BCUT2D eigenvalue weighted by molar-refractivity contribution is 5.79. The molecular formula is C24H26N4O2. The van der Waals surface area contributed by atoms with E-state index in [4.69, 9.17) is 4.74 Å². The highest BCUT2D eigenvalue weighted by atomic mass is 16.5. The van der Waals surface area contributed by atoms with Crippen molar-refractivity contribution in [3.63, 3.8) is 0 Å². The largest absolute Gasteiger partial charge is 0.488 e. The molecule has 3 heterocycles. The third kappa shape index (κ3) is 3.32. The van der Waals surface area contributed by atoms with Crippen LogP contribution in [0.3, 0.4) is 0 Å². The lowest BCUT2D eigenvalue weighted by Crippen LogP contribution is -2.54. The standard InChI is InChI=1S/C24H26N4O2/c1-17-6-5-7-20(12-17)27-11-10-26(14-18(27)2)23(29)15-28-24-19(13-25-28)16-30-22-9-4-3-8-21(22)24/h3-9,12-13,18H,10-11,14-16H2,1-2H3. The van der Waals surface area contributed by atoms with Crippen LogP contribution in [0.1, 0.15) is 18.1 Å². The van der Waals surface area contributed by atoms with Gasteiger partial charge in [0, 0.05) is 42.5 Å². The number of ether oxygens (including phenoxy) is 1. The molecule has 0 N–H and O–H groups in total. The Kier molecular flexibility index (Phi) is 4.69. The van der Waals surface area contributed by atoms with Crippen LogP contribution in [0.4, 0.5) is 5.69 Å². The minimum atomic E-state index is 0.112. The van der Waals surface area contributed by atoms with Crippen LogP contribution in [0.25, 0.3) is 11.3 Å². The first-order chi connectivity index (χ1) is 14.6. The first kappa shape index (κ1) is 18.7. The Bertz CT molecular complexity index is 1090. The zero-order valence-corrected chi connectivity index (χ0v) is 17.4. The van der Waals surface area contributed by atoms with Gasteiger partial charge in [-0.3, -0.25) is 9.48 Å². The van der Waals surface area contributed by atoms with E-state index in [1.54, 1.807) is 0 Å². The van der Waals surface area contributed by atoms with Crippen LogP contribution in [0, 0.1) is 6.92 Å². The molecule has 1 aromatic heterocycles. The fourth-order valence-corrected chi connectivity index (χ4v) is 4.51. The molecule has 3 aromatic rings. The number of carbonyl (C=O) groups excluding carboxylic acids is 1. The van der Waals surface area contributed by atoms with E-state index in [2.05, 4.69) is 48.1 Å². The van der Waals surface area contributed by atoms with Gasteiger partial charge >= 0.3 is 0 Å². The smallest absolute Gasteiger partial charge is 0.244 e. The van der Waals surface area contributed by atoms with Gasteiger partial charge in [0.05, 0.1) is 11.9 Å². The van der Waals surface area contributed by atoms with Crippen LogP contribution in [-0.4, -0.2) is 46.3 Å². The van der Waals surface area contributed by atoms with Gasteiger partial charge in [0.2, 0.25) is 5.91 Å². The summed E-state index contributed by atoms with van der Waals surface area (Å²) in [5, 5.41) is 4.50. The van der Waals surface area contributed by atoms with E-state index >= 15 is 0 Å². The maximum atomic E-state index is 13.1. The maximum absolute atomic E-state index is 13.1. The summed E-state index contributed by atoms with van der Waals surface area (Å²) in [6, 6.07) is 16.8. The summed E-state index contributed by atoms with van der Waals surface area (Å²) in [5.74, 6) is 0.959. The SMILES string of the molecule is Cc1cccc(N2CCN(C(=O)Cn3ncc4c3-c3ccccc3OC4)CC2C)c1. The Balaban J connectivity index is 1.31. The van der Waals surface area contributed by atoms with Crippen LogP contribution >= 0.6 is 0 Å². The zero-order chi connectivity index (χ0) is 20.7. The number of para-hydroxylation sites is 1. The summed E-state index contributed by atoms with van der Waals surface area (Å²) in [4.78, 5) is 17.5. The average Bonchev–Trinajstić information content (AvgIpc) is 3.17. The van der Waals surface area contributed by atoms with Gasteiger partial charge in [0.1, 0.15) is 18.9 Å². The van der Waals surface area contributed by atoms with Crippen molar-refractivity contribution in [2.75, 3.05) is 24.5 Å². The Morgan fingerprint density at radius 3 is 2.87 bits per heavy atom. The molecule has 2 aliphatic heterocycles. The number of anilines is 1. The van der Waals surface area contributed by atoms with Gasteiger partial charge in [0.25, 0.3) is 0 Å². The Labute approximate surface area is 176 Å². The van der Waals surface area contributed by atoms with Gasteiger partial charge in [0.15, 0.2) is 0 Å². The molecule has 1 fully saturated rings. The van der Waals surface area contributed by atoms with Gasteiger partial charge in [-0.05, 0) is 43.7 Å². The predicted molar refractivity (Wildman–Crippen MR) is 117 cm³/mol. The second kappa shape index (κ2) is 7.52. The minimum absolute atomic E-state index is 0.112. The predicted octanol–water partition coefficient (Wildman–Crippen LogP) is 3.49. The second-order valence-electron chi connectivity index (χ2n) is 8.18. The third-order valence-corrected chi connectivity index (χ3v) is 6.04. The highest BCUT2D eigenvalue weighted by Crippen LogP contribution is 2.37. The van der Waals surface area contributed by atoms with Crippen molar-refractivity contribution in [3.05, 3.63) is 65.9 Å². The lowest BCUT2D eigenvalue weighted by atomic mass is 10.0. The quantitative estimate of drug-likeness (QED) is 0.673. The van der Waals surface area contributed by atoms with E-state index in [1.807, 2.05) is 40.0 Å². The fourth-order valence-electron chi connectivity index (χ4n) is 4.51. The molecule has 1 unspecified atom stereocenters. The molecule has 0 saturated carbocycles. The number of nitrogens with zero attached hydrogens (tertiary/aromatic N) is 4. The number of hydrogen-bond donors (Lipinski definition) is 0. The summed E-state index contributed by atoms with van der Waals surface area (Å²) in [5.41, 5.74) is 5.51. The Morgan fingerprint density at radius 2 is 2.03 bits per heavy atom. The Hall–Kier alpha value is -3.28. The normalized spacial score (nSPS) is 17.9. The van der Waals surface area contributed by atoms with E-state index in [9.17, 15) is 4.79 Å². The molecule has 1 saturated heterocycles. The molecule has 30 heavy (non-hydrogen) atoms. The molecule has 6 nitrogen and oxygen atoms in total. The van der Waals surface area contributed by atoms with Gasteiger partial charge in [-0.2, -0.15) is 5.10 Å². The number of rotatable bonds is 3. The van der Waals surface area contributed by atoms with Gasteiger partial charge in [-0.15, -0.1) is 0 Å². The zero-order valence-electron chi connectivity index (χ0n) is 17.4. The molecule has 2 aromatic carbocycles. The summed E-state index contributed by atoms with van der Waals surface area (Å²) in [6.07, 6.45) is 1.82. The van der Waals surface area contributed by atoms with E-state index < -0.39 is 0 Å². The van der Waals surface area contributed by atoms with Crippen molar-refractivity contribution < 1.29 is 9.53 Å². The Morgan fingerprint density at radius 1 is 1.17 bits per heavy atom. The number of hydrogen-bond acceptors (Lipinski definition) is 4. The van der Waals surface area contributed by atoms with Crippen LogP contribution in [0.5, 0.6) is 5.75 Å². The third-order valence-electron chi connectivity index (χ3n) is 6.04. The van der Waals surface area contributed by atoms with E-state index in [0.717, 1.165) is 42.2 Å². The number of benzene rings is 2. The molecule has 0 aliphatic carbocycles. The van der Waals surface area contributed by atoms with Crippen LogP contribution in [-0.2, 0) is 17.9 Å². The molecular weight excluding hydrogens is 376 g/mol. The average molecular weight is 402 g/mol. The number of fused-ring (bicyclic) bond motifs is 3. The lowest BCUT2D eigenvalue weighted by molar-refractivity contribution is -0.132. The molecule has 2 aliphatic rings. The van der Waals surface area contributed by atoms with Gasteiger partial charge in [-0.25, -0.2) is 0 Å². The van der Waals surface area contributed by atoms with Crippen molar-refractivity contribution in [1.82, 2.24) is 14.7 Å². The summed E-state index contributed by atoms with van der Waals surface area (Å²) in [7, 11) is 0. The first-order valence-electron chi connectivity index (χ1n) is 10.5. The van der Waals surface area contributed by atoms with Crippen molar-refractivity contribution >= 4 is 11.6 Å². The molecule has 0 spiro atoms. The molecule has 154 valence electrons. The van der Waals surface area contributed by atoms with E-state index in [1.165, 1.54) is 11.3 Å². The lowest BCUT2D eigenvalue weighted by Gasteiger charge is -2.41. The first-order valence-corrected chi connectivity index (χ1v) is 10.5. The molecule has 6 heteroatoms. The number of amides is 1. The van der Waals surface area contributed by atoms with Gasteiger partial charge in [-0.1, -0.05) is 24.3 Å². The van der Waals surface area contributed by atoms with Crippen LogP contribution in [0.15, 0.2) is 54.7 Å². The van der Waals surface area contributed by atoms with Crippen LogP contribution < -0.4 is 9.64 Å². The van der Waals surface area contributed by atoms with Crippen molar-refractivity contribution in [1.29, 1.82) is 0 Å². The summed E-state index contributed by atoms with van der Waals surface area (Å²) >= 11 is 0. The maximum Gasteiger partial charge on any atom is 0.244 e. The fraction of sp³-hybridized carbons (Fsp3) is 0.333. The summed E-state index contributed by atoms with van der Waals surface area (Å²) in [6.45, 7) is 7.32. The number of carbonyl (C=O) groups is 1. The molecule has 0 bridgehead atoms. The van der Waals surface area contributed by atoms with E-state index in [0.29, 0.717) is 6.61 Å². The molecule has 0 radical (unpaired) electrons. The monoisotopic (exact) mass is 402 g/mol.